The zero-order valence-corrected chi connectivity index (χ0v) is 18.2. The van der Waals surface area contributed by atoms with Gasteiger partial charge in [-0.15, -0.1) is 0 Å². The number of benzene rings is 1. The standard InChI is InChI=1S/C21H23F3N4O2S/c1-4-26(5-2)18-12-15(10-11-25-18)13-27-14(3)19(29)28(20(27)30)16-6-8-17(9-7-16)31-21(22,23)24/h6-12,29H,4-5,13H2,1-3H3. The van der Waals surface area contributed by atoms with Crippen molar-refractivity contribution in [2.24, 2.45) is 0 Å². The number of thioether (sulfide) groups is 1. The van der Waals surface area contributed by atoms with Gasteiger partial charge < -0.3 is 10.0 Å². The van der Waals surface area contributed by atoms with Crippen LogP contribution in [0.5, 0.6) is 5.88 Å². The van der Waals surface area contributed by atoms with Gasteiger partial charge in [-0.1, -0.05) is 0 Å². The number of anilines is 1. The van der Waals surface area contributed by atoms with E-state index in [1.54, 1.807) is 19.2 Å². The third-order valence-electron chi connectivity index (χ3n) is 4.93. The van der Waals surface area contributed by atoms with E-state index in [-0.39, 0.29) is 34.8 Å². The van der Waals surface area contributed by atoms with Crippen molar-refractivity contribution in [2.45, 2.75) is 37.7 Å². The van der Waals surface area contributed by atoms with Crippen LogP contribution < -0.4 is 10.6 Å². The van der Waals surface area contributed by atoms with E-state index < -0.39 is 11.2 Å². The van der Waals surface area contributed by atoms with E-state index in [2.05, 4.69) is 9.88 Å². The van der Waals surface area contributed by atoms with Crippen molar-refractivity contribution in [2.75, 3.05) is 18.0 Å². The molecule has 0 saturated carbocycles. The minimum atomic E-state index is -4.39. The van der Waals surface area contributed by atoms with E-state index in [0.717, 1.165) is 29.0 Å². The van der Waals surface area contributed by atoms with Gasteiger partial charge in [0.15, 0.2) is 0 Å². The van der Waals surface area contributed by atoms with Crippen LogP contribution in [0.3, 0.4) is 0 Å². The number of alkyl halides is 3. The second-order valence-electron chi connectivity index (χ2n) is 6.85. The smallest absolute Gasteiger partial charge is 0.446 e. The molecule has 0 amide bonds. The Bertz CT molecular complexity index is 1100. The molecular weight excluding hydrogens is 429 g/mol. The number of halogens is 3. The first-order chi connectivity index (χ1) is 14.6. The third-order valence-corrected chi connectivity index (χ3v) is 5.67. The quantitative estimate of drug-likeness (QED) is 0.533. The molecule has 0 aliphatic heterocycles. The molecule has 0 saturated heterocycles. The third kappa shape index (κ3) is 5.07. The average Bonchev–Trinajstić information content (AvgIpc) is 2.92. The number of hydrogen-bond acceptors (Lipinski definition) is 5. The summed E-state index contributed by atoms with van der Waals surface area (Å²) in [5, 5.41) is 10.5. The summed E-state index contributed by atoms with van der Waals surface area (Å²) in [7, 11) is 0. The van der Waals surface area contributed by atoms with Crippen molar-refractivity contribution < 1.29 is 18.3 Å². The van der Waals surface area contributed by atoms with Crippen molar-refractivity contribution in [1.29, 1.82) is 0 Å². The molecule has 0 radical (unpaired) electrons. The molecule has 166 valence electrons. The Labute approximate surface area is 182 Å². The molecule has 0 atom stereocenters. The van der Waals surface area contributed by atoms with E-state index in [0.29, 0.717) is 5.69 Å². The number of hydrogen-bond donors (Lipinski definition) is 1. The molecular formula is C21H23F3N4O2S. The number of aromatic nitrogens is 3. The molecule has 1 N–H and O–H groups in total. The molecule has 0 fully saturated rings. The topological polar surface area (TPSA) is 63.3 Å². The van der Waals surface area contributed by atoms with Gasteiger partial charge in [-0.3, -0.25) is 4.57 Å². The minimum absolute atomic E-state index is 0.000612. The maximum Gasteiger partial charge on any atom is 0.446 e. The largest absolute Gasteiger partial charge is 0.493 e. The molecule has 0 unspecified atom stereocenters. The normalized spacial score (nSPS) is 11.7. The fourth-order valence-corrected chi connectivity index (χ4v) is 3.85. The molecule has 0 aliphatic rings. The number of aromatic hydroxyl groups is 1. The highest BCUT2D eigenvalue weighted by Crippen LogP contribution is 2.37. The van der Waals surface area contributed by atoms with E-state index in [4.69, 9.17) is 0 Å². The van der Waals surface area contributed by atoms with Crippen molar-refractivity contribution in [1.82, 2.24) is 14.1 Å². The molecule has 0 spiro atoms. The maximum atomic E-state index is 13.0. The lowest BCUT2D eigenvalue weighted by atomic mass is 10.2. The van der Waals surface area contributed by atoms with Crippen LogP contribution in [0.15, 0.2) is 52.3 Å². The fourth-order valence-electron chi connectivity index (χ4n) is 3.32. The maximum absolute atomic E-state index is 13.0. The van der Waals surface area contributed by atoms with E-state index in [1.165, 1.54) is 28.8 Å². The predicted molar refractivity (Wildman–Crippen MR) is 115 cm³/mol. The van der Waals surface area contributed by atoms with E-state index in [9.17, 15) is 23.1 Å². The van der Waals surface area contributed by atoms with Gasteiger partial charge in [0.05, 0.1) is 17.9 Å². The first kappa shape index (κ1) is 22.8. The second-order valence-corrected chi connectivity index (χ2v) is 7.99. The summed E-state index contributed by atoms with van der Waals surface area (Å²) in [6.07, 6.45) is 1.68. The fraction of sp³-hybridized carbons (Fsp3) is 0.333. The van der Waals surface area contributed by atoms with Gasteiger partial charge in [-0.25, -0.2) is 14.3 Å². The van der Waals surface area contributed by atoms with Gasteiger partial charge in [-0.05, 0) is 74.5 Å². The van der Waals surface area contributed by atoms with Gasteiger partial charge in [0, 0.05) is 24.2 Å². The average molecular weight is 453 g/mol. The lowest BCUT2D eigenvalue weighted by Gasteiger charge is -2.20. The summed E-state index contributed by atoms with van der Waals surface area (Å²) in [6.45, 7) is 7.50. The summed E-state index contributed by atoms with van der Waals surface area (Å²) in [5.41, 5.74) is -3.38. The predicted octanol–water partition coefficient (Wildman–Crippen LogP) is 4.55. The number of rotatable bonds is 7. The van der Waals surface area contributed by atoms with Crippen LogP contribution in [-0.2, 0) is 6.54 Å². The molecule has 31 heavy (non-hydrogen) atoms. The van der Waals surface area contributed by atoms with E-state index in [1.807, 2.05) is 19.9 Å². The van der Waals surface area contributed by atoms with Crippen molar-refractivity contribution >= 4 is 17.6 Å². The number of pyridine rings is 1. The van der Waals surface area contributed by atoms with Gasteiger partial charge in [-0.2, -0.15) is 13.2 Å². The molecule has 2 aromatic heterocycles. The molecule has 0 aliphatic carbocycles. The van der Waals surface area contributed by atoms with Crippen LogP contribution in [0.4, 0.5) is 19.0 Å². The summed E-state index contributed by atoms with van der Waals surface area (Å²) in [4.78, 5) is 19.5. The highest BCUT2D eigenvalue weighted by Gasteiger charge is 2.29. The summed E-state index contributed by atoms with van der Waals surface area (Å²) < 4.78 is 40.1. The first-order valence-corrected chi connectivity index (χ1v) is 10.5. The van der Waals surface area contributed by atoms with Crippen LogP contribution >= 0.6 is 11.8 Å². The van der Waals surface area contributed by atoms with Crippen molar-refractivity contribution in [3.8, 4) is 11.6 Å². The molecule has 1 aromatic carbocycles. The summed E-state index contributed by atoms with van der Waals surface area (Å²) in [5.74, 6) is 0.550. The van der Waals surface area contributed by atoms with Crippen LogP contribution in [0.2, 0.25) is 0 Å². The van der Waals surface area contributed by atoms with Gasteiger partial charge in [0.25, 0.3) is 0 Å². The molecule has 10 heteroatoms. The highest BCUT2D eigenvalue weighted by atomic mass is 32.2. The molecule has 0 bridgehead atoms. The van der Waals surface area contributed by atoms with Crippen molar-refractivity contribution in [3.05, 3.63) is 64.3 Å². The van der Waals surface area contributed by atoms with Gasteiger partial charge in [0.2, 0.25) is 5.88 Å². The number of imidazole rings is 1. The summed E-state index contributed by atoms with van der Waals surface area (Å²) in [6, 6.07) is 9.00. The Hall–Kier alpha value is -2.88. The molecule has 3 rings (SSSR count). The Balaban J connectivity index is 1.93. The lowest BCUT2D eigenvalue weighted by molar-refractivity contribution is -0.0328. The van der Waals surface area contributed by atoms with Crippen LogP contribution in [0.1, 0.15) is 25.1 Å². The Morgan fingerprint density at radius 2 is 1.77 bits per heavy atom. The monoisotopic (exact) mass is 452 g/mol. The molecule has 3 aromatic rings. The van der Waals surface area contributed by atoms with Crippen molar-refractivity contribution in [3.63, 3.8) is 0 Å². The lowest BCUT2D eigenvalue weighted by Crippen LogP contribution is -2.25. The second kappa shape index (κ2) is 9.09. The SMILES string of the molecule is CCN(CC)c1cc(Cn2c(C)c(O)n(-c3ccc(SC(F)(F)F)cc3)c2=O)ccn1. The Kier molecular flexibility index (Phi) is 6.68. The van der Waals surface area contributed by atoms with Crippen LogP contribution in [0, 0.1) is 6.92 Å². The first-order valence-electron chi connectivity index (χ1n) is 9.71. The van der Waals surface area contributed by atoms with Crippen LogP contribution in [-0.4, -0.2) is 37.8 Å². The zero-order chi connectivity index (χ0) is 22.8. The minimum Gasteiger partial charge on any atom is -0.493 e. The molecule has 6 nitrogen and oxygen atoms in total. The molecule has 2 heterocycles. The Morgan fingerprint density at radius 3 is 2.35 bits per heavy atom. The highest BCUT2D eigenvalue weighted by molar-refractivity contribution is 8.00. The van der Waals surface area contributed by atoms with Crippen LogP contribution in [0.25, 0.3) is 5.69 Å². The van der Waals surface area contributed by atoms with E-state index >= 15 is 0 Å². The Morgan fingerprint density at radius 1 is 1.13 bits per heavy atom. The summed E-state index contributed by atoms with van der Waals surface area (Å²) >= 11 is -0.235. The van der Waals surface area contributed by atoms with Gasteiger partial charge >= 0.3 is 11.2 Å². The zero-order valence-electron chi connectivity index (χ0n) is 17.3. The number of nitrogens with zero attached hydrogens (tertiary/aromatic N) is 4. The van der Waals surface area contributed by atoms with Gasteiger partial charge in [0.1, 0.15) is 5.82 Å².